The highest BCUT2D eigenvalue weighted by atomic mass is 32.1. The van der Waals surface area contributed by atoms with Gasteiger partial charge in [0.1, 0.15) is 5.82 Å². The van der Waals surface area contributed by atoms with Crippen LogP contribution < -0.4 is 5.32 Å². The normalized spacial score (nSPS) is 18.2. The Kier molecular flexibility index (Phi) is 5.08. The fourth-order valence-electron chi connectivity index (χ4n) is 2.96. The second kappa shape index (κ2) is 7.25. The number of urea groups is 1. The largest absolute Gasteiger partial charge is 0.333 e. The first kappa shape index (κ1) is 16.8. The lowest BCUT2D eigenvalue weighted by Gasteiger charge is -2.31. The molecule has 1 saturated heterocycles. The van der Waals surface area contributed by atoms with Gasteiger partial charge in [-0.1, -0.05) is 18.3 Å². The van der Waals surface area contributed by atoms with E-state index in [-0.39, 0.29) is 11.9 Å². The number of nitrogens with one attached hydrogen (secondary N) is 2. The van der Waals surface area contributed by atoms with Crippen LogP contribution in [-0.4, -0.2) is 48.8 Å². The van der Waals surface area contributed by atoms with Crippen molar-refractivity contribution >= 4 is 17.6 Å². The van der Waals surface area contributed by atoms with Crippen molar-refractivity contribution in [3.8, 4) is 0 Å². The highest BCUT2D eigenvalue weighted by Gasteiger charge is 2.27. The Morgan fingerprint density at radius 3 is 3.04 bits per heavy atom. The second-order valence-corrected chi connectivity index (χ2v) is 7.30. The van der Waals surface area contributed by atoms with Gasteiger partial charge in [0.15, 0.2) is 5.82 Å². The first-order valence-corrected chi connectivity index (χ1v) is 9.04. The molecule has 2 amide bonds. The molecule has 2 aromatic rings. The van der Waals surface area contributed by atoms with Crippen LogP contribution in [0.15, 0.2) is 0 Å². The van der Waals surface area contributed by atoms with Crippen LogP contribution in [0.1, 0.15) is 60.7 Å². The summed E-state index contributed by atoms with van der Waals surface area (Å²) < 4.78 is 3.99. The smallest absolute Gasteiger partial charge is 0.317 e. The molecular weight excluding hydrogens is 326 g/mol. The molecule has 24 heavy (non-hydrogen) atoms. The van der Waals surface area contributed by atoms with Crippen LogP contribution in [0.2, 0.25) is 0 Å². The number of aromatic nitrogens is 5. The first-order valence-electron chi connectivity index (χ1n) is 8.27. The minimum absolute atomic E-state index is 0.0462. The van der Waals surface area contributed by atoms with Gasteiger partial charge in [0, 0.05) is 19.0 Å². The molecular formula is C15H23N7OS. The van der Waals surface area contributed by atoms with Crippen molar-refractivity contribution in [2.75, 3.05) is 13.1 Å². The SMILES string of the molecule is Cc1nc([C@H]2CCCN(C(=O)NCc3snnc3C(C)C)C2)n[nH]1. The molecule has 0 spiro atoms. The van der Waals surface area contributed by atoms with Crippen molar-refractivity contribution in [1.82, 2.24) is 35.0 Å². The Morgan fingerprint density at radius 1 is 1.50 bits per heavy atom. The van der Waals surface area contributed by atoms with Crippen LogP contribution in [0, 0.1) is 6.92 Å². The zero-order valence-corrected chi connectivity index (χ0v) is 15.1. The quantitative estimate of drug-likeness (QED) is 0.881. The molecule has 2 N–H and O–H groups in total. The number of nitrogens with zero attached hydrogens (tertiary/aromatic N) is 5. The van der Waals surface area contributed by atoms with Crippen molar-refractivity contribution in [3.63, 3.8) is 0 Å². The van der Waals surface area contributed by atoms with Crippen LogP contribution in [0.5, 0.6) is 0 Å². The summed E-state index contributed by atoms with van der Waals surface area (Å²) in [5, 5.41) is 14.3. The van der Waals surface area contributed by atoms with Crippen molar-refractivity contribution < 1.29 is 4.79 Å². The maximum absolute atomic E-state index is 12.5. The highest BCUT2D eigenvalue weighted by Crippen LogP contribution is 2.24. The van der Waals surface area contributed by atoms with Gasteiger partial charge in [0.2, 0.25) is 0 Å². The summed E-state index contributed by atoms with van der Waals surface area (Å²) in [6.07, 6.45) is 1.97. The Bertz CT molecular complexity index is 696. The third-order valence-electron chi connectivity index (χ3n) is 4.22. The molecule has 130 valence electrons. The van der Waals surface area contributed by atoms with Crippen LogP contribution in [0.4, 0.5) is 4.79 Å². The van der Waals surface area contributed by atoms with Gasteiger partial charge in [-0.3, -0.25) is 5.10 Å². The lowest BCUT2D eigenvalue weighted by molar-refractivity contribution is 0.178. The molecule has 2 aromatic heterocycles. The lowest BCUT2D eigenvalue weighted by atomic mass is 9.98. The topological polar surface area (TPSA) is 99.7 Å². The van der Waals surface area contributed by atoms with Gasteiger partial charge < -0.3 is 10.2 Å². The van der Waals surface area contributed by atoms with Crippen molar-refractivity contribution in [1.29, 1.82) is 0 Å². The van der Waals surface area contributed by atoms with Crippen LogP contribution in [0.3, 0.4) is 0 Å². The third-order valence-corrected chi connectivity index (χ3v) is 4.96. The summed E-state index contributed by atoms with van der Waals surface area (Å²) in [5.74, 6) is 2.12. The maximum atomic E-state index is 12.5. The number of rotatable bonds is 4. The molecule has 3 rings (SSSR count). The Hall–Kier alpha value is -2.03. The van der Waals surface area contributed by atoms with Gasteiger partial charge in [0.25, 0.3) is 0 Å². The number of carbonyl (C=O) groups is 1. The molecule has 0 saturated carbocycles. The van der Waals surface area contributed by atoms with E-state index in [0.29, 0.717) is 19.0 Å². The van der Waals surface area contributed by atoms with E-state index in [1.54, 1.807) is 0 Å². The number of aromatic amines is 1. The van der Waals surface area contributed by atoms with E-state index >= 15 is 0 Å². The Balaban J connectivity index is 1.57. The fourth-order valence-corrected chi connectivity index (χ4v) is 3.69. The van der Waals surface area contributed by atoms with Gasteiger partial charge in [-0.2, -0.15) is 5.10 Å². The monoisotopic (exact) mass is 349 g/mol. The molecule has 1 atom stereocenters. The Morgan fingerprint density at radius 2 is 2.33 bits per heavy atom. The lowest BCUT2D eigenvalue weighted by Crippen LogP contribution is -2.44. The maximum Gasteiger partial charge on any atom is 0.317 e. The van der Waals surface area contributed by atoms with Crippen LogP contribution in [-0.2, 0) is 6.54 Å². The summed E-state index contributed by atoms with van der Waals surface area (Å²) in [7, 11) is 0. The minimum Gasteiger partial charge on any atom is -0.333 e. The van der Waals surface area contributed by atoms with Crippen LogP contribution in [0.25, 0.3) is 0 Å². The van der Waals surface area contributed by atoms with E-state index in [1.807, 2.05) is 11.8 Å². The molecule has 1 aliphatic heterocycles. The van der Waals surface area contributed by atoms with E-state index in [4.69, 9.17) is 0 Å². The zero-order valence-electron chi connectivity index (χ0n) is 14.2. The molecule has 0 radical (unpaired) electrons. The van der Waals surface area contributed by atoms with Crippen LogP contribution >= 0.6 is 11.5 Å². The van der Waals surface area contributed by atoms with E-state index in [0.717, 1.165) is 41.6 Å². The molecule has 1 fully saturated rings. The van der Waals surface area contributed by atoms with E-state index in [9.17, 15) is 4.79 Å². The van der Waals surface area contributed by atoms with E-state index in [2.05, 4.69) is 43.9 Å². The van der Waals surface area contributed by atoms with Crippen molar-refractivity contribution in [2.45, 2.75) is 52.0 Å². The molecule has 0 unspecified atom stereocenters. The molecule has 3 heterocycles. The predicted octanol–water partition coefficient (Wildman–Crippen LogP) is 2.18. The van der Waals surface area contributed by atoms with Gasteiger partial charge >= 0.3 is 6.03 Å². The highest BCUT2D eigenvalue weighted by molar-refractivity contribution is 7.05. The number of likely N-dealkylation sites (tertiary alicyclic amines) is 1. The van der Waals surface area contributed by atoms with Gasteiger partial charge in [-0.05, 0) is 37.2 Å². The second-order valence-electron chi connectivity index (χ2n) is 6.46. The minimum atomic E-state index is -0.0462. The summed E-state index contributed by atoms with van der Waals surface area (Å²) in [6, 6.07) is -0.0462. The molecule has 8 nitrogen and oxygen atoms in total. The number of hydrogen-bond donors (Lipinski definition) is 2. The van der Waals surface area contributed by atoms with E-state index < -0.39 is 0 Å². The average Bonchev–Trinajstić information content (AvgIpc) is 3.21. The number of piperidine rings is 1. The number of aryl methyl sites for hydroxylation is 1. The predicted molar refractivity (Wildman–Crippen MR) is 90.9 cm³/mol. The summed E-state index contributed by atoms with van der Waals surface area (Å²) in [5.41, 5.74) is 0.966. The van der Waals surface area contributed by atoms with Crippen molar-refractivity contribution in [3.05, 3.63) is 22.2 Å². The van der Waals surface area contributed by atoms with Gasteiger partial charge in [-0.15, -0.1) is 5.10 Å². The van der Waals surface area contributed by atoms with Gasteiger partial charge in [0.05, 0.1) is 17.1 Å². The fraction of sp³-hybridized carbons (Fsp3) is 0.667. The summed E-state index contributed by atoms with van der Waals surface area (Å²) >= 11 is 1.35. The van der Waals surface area contributed by atoms with Crippen molar-refractivity contribution in [2.24, 2.45) is 0 Å². The third kappa shape index (κ3) is 3.72. The standard InChI is InChI=1S/C15H23N7OS/c1-9(2)13-12(24-21-19-13)7-16-15(23)22-6-4-5-11(8-22)14-17-10(3)18-20-14/h9,11H,4-8H2,1-3H3,(H,16,23)(H,17,18,20)/t11-/m0/s1. The zero-order chi connectivity index (χ0) is 17.1. The number of hydrogen-bond acceptors (Lipinski definition) is 6. The molecule has 9 heteroatoms. The molecule has 0 aromatic carbocycles. The number of amides is 2. The van der Waals surface area contributed by atoms with Gasteiger partial charge in [-0.25, -0.2) is 9.78 Å². The summed E-state index contributed by atoms with van der Waals surface area (Å²) in [4.78, 5) is 19.8. The number of H-pyrrole nitrogens is 1. The molecule has 1 aliphatic rings. The van der Waals surface area contributed by atoms with E-state index in [1.165, 1.54) is 11.5 Å². The summed E-state index contributed by atoms with van der Waals surface area (Å²) in [6.45, 7) is 7.95. The number of carbonyl (C=O) groups excluding carboxylic acids is 1. The molecule has 0 aliphatic carbocycles. The molecule has 0 bridgehead atoms. The first-order chi connectivity index (χ1) is 11.5. The Labute approximate surface area is 145 Å². The average molecular weight is 349 g/mol.